The number of sulfonamides is 1. The van der Waals surface area contributed by atoms with E-state index in [9.17, 15) is 17.2 Å². The lowest BCUT2D eigenvalue weighted by Gasteiger charge is -2.29. The molecule has 1 aliphatic rings. The van der Waals surface area contributed by atoms with Crippen LogP contribution in [0, 0.1) is 11.6 Å². The molecule has 0 unspecified atom stereocenters. The molecule has 1 aliphatic heterocycles. The van der Waals surface area contributed by atoms with Crippen molar-refractivity contribution in [2.24, 2.45) is 5.73 Å². The molecule has 0 spiro atoms. The molecule has 1 atom stereocenters. The van der Waals surface area contributed by atoms with E-state index in [1.54, 1.807) is 0 Å². The molecule has 4 nitrogen and oxygen atoms in total. The summed E-state index contributed by atoms with van der Waals surface area (Å²) in [5, 5.41) is 0. The molecule has 0 bridgehead atoms. The topological polar surface area (TPSA) is 63.4 Å². The first-order chi connectivity index (χ1) is 8.41. The maximum Gasteiger partial charge on any atom is 0.246 e. The molecule has 8 heteroatoms. The van der Waals surface area contributed by atoms with Crippen LogP contribution in [0.2, 0.25) is 0 Å². The Hall–Kier alpha value is -0.760. The van der Waals surface area contributed by atoms with Crippen LogP contribution in [0.15, 0.2) is 23.1 Å². The average Bonchev–Trinajstić information content (AvgIpc) is 2.28. The molecule has 1 fully saturated rings. The van der Waals surface area contributed by atoms with Crippen LogP contribution in [0.4, 0.5) is 8.78 Å². The highest BCUT2D eigenvalue weighted by molar-refractivity contribution is 7.89. The highest BCUT2D eigenvalue weighted by Crippen LogP contribution is 2.22. The molecule has 1 saturated heterocycles. The van der Waals surface area contributed by atoms with Gasteiger partial charge >= 0.3 is 0 Å². The predicted molar refractivity (Wildman–Crippen MR) is 69.6 cm³/mol. The normalized spacial score (nSPS) is 20.9. The van der Waals surface area contributed by atoms with Crippen LogP contribution in [0.1, 0.15) is 12.8 Å². The van der Waals surface area contributed by atoms with E-state index in [1.165, 1.54) is 0 Å². The van der Waals surface area contributed by atoms with Gasteiger partial charge in [-0.25, -0.2) is 17.2 Å². The van der Waals surface area contributed by atoms with Gasteiger partial charge in [0, 0.05) is 25.2 Å². The van der Waals surface area contributed by atoms with E-state index in [-0.39, 0.29) is 25.0 Å². The zero-order valence-corrected chi connectivity index (χ0v) is 11.7. The summed E-state index contributed by atoms with van der Waals surface area (Å²) in [5.74, 6) is -1.88. The van der Waals surface area contributed by atoms with E-state index in [0.717, 1.165) is 22.9 Å². The lowest BCUT2D eigenvalue weighted by Crippen LogP contribution is -2.45. The van der Waals surface area contributed by atoms with Gasteiger partial charge in [0.1, 0.15) is 16.5 Å². The molecule has 0 aromatic heterocycles. The van der Waals surface area contributed by atoms with Gasteiger partial charge in [-0.3, -0.25) is 0 Å². The Morgan fingerprint density at radius 1 is 1.32 bits per heavy atom. The molecule has 1 heterocycles. The first-order valence-corrected chi connectivity index (χ1v) is 7.06. The quantitative estimate of drug-likeness (QED) is 0.900. The van der Waals surface area contributed by atoms with Gasteiger partial charge in [-0.15, -0.1) is 12.4 Å². The Kier molecular flexibility index (Phi) is 5.26. The van der Waals surface area contributed by atoms with Gasteiger partial charge in [0.25, 0.3) is 0 Å². The monoisotopic (exact) mass is 312 g/mol. The lowest BCUT2D eigenvalue weighted by atomic mass is 10.1. The summed E-state index contributed by atoms with van der Waals surface area (Å²) in [6.07, 6.45) is 1.39. The van der Waals surface area contributed by atoms with Gasteiger partial charge < -0.3 is 5.73 Å². The van der Waals surface area contributed by atoms with Crippen LogP contribution in [-0.2, 0) is 10.0 Å². The molecule has 19 heavy (non-hydrogen) atoms. The Morgan fingerprint density at radius 2 is 2.00 bits per heavy atom. The predicted octanol–water partition coefficient (Wildman–Crippen LogP) is 1.50. The Labute approximate surface area is 117 Å². The molecular weight excluding hydrogens is 298 g/mol. The van der Waals surface area contributed by atoms with Gasteiger partial charge in [-0.05, 0) is 25.0 Å². The molecule has 0 radical (unpaired) electrons. The number of rotatable bonds is 2. The van der Waals surface area contributed by atoms with E-state index in [1.807, 2.05) is 0 Å². The fourth-order valence-corrected chi connectivity index (χ4v) is 3.60. The summed E-state index contributed by atoms with van der Waals surface area (Å²) < 4.78 is 51.8. The Balaban J connectivity index is 0.00000180. The largest absolute Gasteiger partial charge is 0.327 e. The van der Waals surface area contributed by atoms with Crippen molar-refractivity contribution >= 4 is 22.4 Å². The summed E-state index contributed by atoms with van der Waals surface area (Å²) in [5.41, 5.74) is 5.70. The van der Waals surface area contributed by atoms with Crippen molar-refractivity contribution in [1.29, 1.82) is 0 Å². The van der Waals surface area contributed by atoms with Crippen LogP contribution >= 0.6 is 12.4 Å². The molecule has 0 amide bonds. The summed E-state index contributed by atoms with van der Waals surface area (Å²) in [6, 6.07) is 2.20. The van der Waals surface area contributed by atoms with Crippen molar-refractivity contribution in [3.63, 3.8) is 0 Å². The fourth-order valence-electron chi connectivity index (χ4n) is 2.02. The van der Waals surface area contributed by atoms with E-state index < -0.39 is 26.6 Å². The lowest BCUT2D eigenvalue weighted by molar-refractivity contribution is 0.315. The van der Waals surface area contributed by atoms with E-state index in [2.05, 4.69) is 0 Å². The van der Waals surface area contributed by atoms with Crippen molar-refractivity contribution in [3.8, 4) is 0 Å². The molecule has 1 aromatic rings. The molecule has 0 aliphatic carbocycles. The second-order valence-electron chi connectivity index (χ2n) is 4.34. The number of benzene rings is 1. The van der Waals surface area contributed by atoms with Crippen LogP contribution in [0.25, 0.3) is 0 Å². The SMILES string of the molecule is Cl.N[C@H]1CCCN(S(=O)(=O)c2ccc(F)cc2F)C1. The minimum Gasteiger partial charge on any atom is -0.327 e. The van der Waals surface area contributed by atoms with Crippen molar-refractivity contribution in [2.75, 3.05) is 13.1 Å². The third kappa shape index (κ3) is 3.42. The fraction of sp³-hybridized carbons (Fsp3) is 0.455. The first-order valence-electron chi connectivity index (χ1n) is 5.62. The minimum atomic E-state index is -3.93. The van der Waals surface area contributed by atoms with Crippen molar-refractivity contribution in [3.05, 3.63) is 29.8 Å². The van der Waals surface area contributed by atoms with Crippen LogP contribution in [-0.4, -0.2) is 31.9 Å². The van der Waals surface area contributed by atoms with Crippen molar-refractivity contribution < 1.29 is 17.2 Å². The maximum absolute atomic E-state index is 13.5. The number of nitrogens with zero attached hydrogens (tertiary/aromatic N) is 1. The summed E-state index contributed by atoms with van der Waals surface area (Å²) in [4.78, 5) is -0.502. The van der Waals surface area contributed by atoms with Crippen molar-refractivity contribution in [1.82, 2.24) is 4.31 Å². The highest BCUT2D eigenvalue weighted by atomic mass is 35.5. The minimum absolute atomic E-state index is 0. The van der Waals surface area contributed by atoms with Gasteiger partial charge in [0.05, 0.1) is 0 Å². The molecule has 108 valence electrons. The second-order valence-corrected chi connectivity index (χ2v) is 6.25. The summed E-state index contributed by atoms with van der Waals surface area (Å²) in [7, 11) is -3.93. The van der Waals surface area contributed by atoms with Crippen LogP contribution < -0.4 is 5.73 Å². The number of halogens is 3. The average molecular weight is 313 g/mol. The smallest absolute Gasteiger partial charge is 0.246 e. The number of nitrogens with two attached hydrogens (primary N) is 1. The number of hydrogen-bond donors (Lipinski definition) is 1. The number of piperidine rings is 1. The summed E-state index contributed by atoms with van der Waals surface area (Å²) in [6.45, 7) is 0.478. The zero-order valence-electron chi connectivity index (χ0n) is 10.1. The van der Waals surface area contributed by atoms with E-state index >= 15 is 0 Å². The highest BCUT2D eigenvalue weighted by Gasteiger charge is 2.30. The van der Waals surface area contributed by atoms with Gasteiger partial charge in [0.2, 0.25) is 10.0 Å². The third-order valence-corrected chi connectivity index (χ3v) is 4.83. The van der Waals surface area contributed by atoms with E-state index in [0.29, 0.717) is 19.0 Å². The first kappa shape index (κ1) is 16.3. The molecule has 0 saturated carbocycles. The van der Waals surface area contributed by atoms with Crippen molar-refractivity contribution in [2.45, 2.75) is 23.8 Å². The summed E-state index contributed by atoms with van der Waals surface area (Å²) >= 11 is 0. The standard InChI is InChI=1S/C11H14F2N2O2S.ClH/c12-8-3-4-11(10(13)6-8)18(16,17)15-5-1-2-9(14)7-15;/h3-4,6,9H,1-2,5,7,14H2;1H/t9-;/m0./s1. The third-order valence-electron chi connectivity index (χ3n) is 2.93. The van der Waals surface area contributed by atoms with Gasteiger partial charge in [0.15, 0.2) is 0 Å². The number of hydrogen-bond acceptors (Lipinski definition) is 3. The molecular formula is C11H15ClF2N2O2S. The molecule has 2 N–H and O–H groups in total. The Morgan fingerprint density at radius 3 is 2.58 bits per heavy atom. The van der Waals surface area contributed by atoms with Crippen LogP contribution in [0.5, 0.6) is 0 Å². The Bertz CT molecular complexity index is 554. The van der Waals surface area contributed by atoms with Gasteiger partial charge in [-0.2, -0.15) is 4.31 Å². The second kappa shape index (κ2) is 6.13. The zero-order chi connectivity index (χ0) is 13.3. The maximum atomic E-state index is 13.5. The van der Waals surface area contributed by atoms with Gasteiger partial charge in [-0.1, -0.05) is 0 Å². The van der Waals surface area contributed by atoms with Crippen LogP contribution in [0.3, 0.4) is 0 Å². The molecule has 2 rings (SSSR count). The van der Waals surface area contributed by atoms with E-state index in [4.69, 9.17) is 5.73 Å². The molecule has 1 aromatic carbocycles.